The van der Waals surface area contributed by atoms with Gasteiger partial charge < -0.3 is 10.1 Å². The number of hydrogen-bond donors (Lipinski definition) is 1. The molecule has 1 aliphatic carbocycles. The minimum absolute atomic E-state index is 0.602. The van der Waals surface area contributed by atoms with E-state index in [-0.39, 0.29) is 0 Å². The van der Waals surface area contributed by atoms with Crippen LogP contribution in [0.25, 0.3) is 0 Å². The van der Waals surface area contributed by atoms with Crippen molar-refractivity contribution in [3.8, 4) is 5.75 Å². The van der Waals surface area contributed by atoms with Crippen LogP contribution in [0.15, 0.2) is 22.7 Å². The average molecular weight is 312 g/mol. The van der Waals surface area contributed by atoms with E-state index in [0.717, 1.165) is 22.7 Å². The van der Waals surface area contributed by atoms with Crippen molar-refractivity contribution in [1.82, 2.24) is 5.32 Å². The monoisotopic (exact) mass is 311 g/mol. The third-order valence-electron chi connectivity index (χ3n) is 3.97. The van der Waals surface area contributed by atoms with E-state index in [4.69, 9.17) is 4.74 Å². The lowest BCUT2D eigenvalue weighted by Crippen LogP contribution is -2.31. The minimum atomic E-state index is 0.602. The Morgan fingerprint density at radius 3 is 2.78 bits per heavy atom. The Hall–Kier alpha value is -0.540. The Morgan fingerprint density at radius 2 is 2.11 bits per heavy atom. The summed E-state index contributed by atoms with van der Waals surface area (Å²) < 4.78 is 6.42. The van der Waals surface area contributed by atoms with E-state index in [1.165, 1.54) is 31.2 Å². The lowest BCUT2D eigenvalue weighted by Gasteiger charge is -2.21. The Kier molecular flexibility index (Phi) is 5.07. The second-order valence-electron chi connectivity index (χ2n) is 5.17. The molecule has 1 atom stereocenters. The van der Waals surface area contributed by atoms with Gasteiger partial charge in [-0.2, -0.15) is 0 Å². The molecule has 3 heteroatoms. The summed E-state index contributed by atoms with van der Waals surface area (Å²) in [4.78, 5) is 0. The lowest BCUT2D eigenvalue weighted by molar-refractivity contribution is 0.379. The molecular formula is C15H22BrNO. The fourth-order valence-corrected chi connectivity index (χ4v) is 3.10. The van der Waals surface area contributed by atoms with Crippen molar-refractivity contribution >= 4 is 15.9 Å². The molecule has 0 aromatic heterocycles. The molecule has 2 nitrogen and oxygen atoms in total. The van der Waals surface area contributed by atoms with Crippen molar-refractivity contribution in [2.24, 2.45) is 5.92 Å². The van der Waals surface area contributed by atoms with E-state index in [2.05, 4.69) is 40.3 Å². The molecule has 100 valence electrons. The summed E-state index contributed by atoms with van der Waals surface area (Å²) in [5.74, 6) is 1.78. The van der Waals surface area contributed by atoms with Gasteiger partial charge >= 0.3 is 0 Å². The summed E-state index contributed by atoms with van der Waals surface area (Å²) in [6.07, 6.45) is 5.57. The molecule has 1 fully saturated rings. The van der Waals surface area contributed by atoms with E-state index in [1.807, 2.05) is 6.07 Å². The number of hydrogen-bond acceptors (Lipinski definition) is 2. The normalized spacial score (nSPS) is 17.9. The third-order valence-corrected chi connectivity index (χ3v) is 4.75. The van der Waals surface area contributed by atoms with Gasteiger partial charge in [-0.15, -0.1) is 0 Å². The van der Waals surface area contributed by atoms with Crippen LogP contribution in [0.4, 0.5) is 0 Å². The van der Waals surface area contributed by atoms with Gasteiger partial charge in [-0.1, -0.05) is 28.8 Å². The Morgan fingerprint density at radius 1 is 1.39 bits per heavy atom. The zero-order valence-electron chi connectivity index (χ0n) is 11.2. The highest BCUT2D eigenvalue weighted by Gasteiger charge is 2.21. The highest BCUT2D eigenvalue weighted by atomic mass is 79.9. The van der Waals surface area contributed by atoms with Crippen LogP contribution in [0.5, 0.6) is 5.75 Å². The molecule has 0 radical (unpaired) electrons. The molecule has 1 saturated carbocycles. The molecule has 2 rings (SSSR count). The van der Waals surface area contributed by atoms with Crippen LogP contribution >= 0.6 is 15.9 Å². The molecule has 0 unspecified atom stereocenters. The van der Waals surface area contributed by atoms with Gasteiger partial charge in [-0.3, -0.25) is 0 Å². The van der Waals surface area contributed by atoms with Crippen LogP contribution < -0.4 is 10.1 Å². The molecule has 1 aromatic rings. The number of halogens is 1. The molecule has 0 spiro atoms. The largest absolute Gasteiger partial charge is 0.497 e. The molecule has 1 N–H and O–H groups in total. The van der Waals surface area contributed by atoms with Gasteiger partial charge in [0.05, 0.1) is 7.11 Å². The van der Waals surface area contributed by atoms with E-state index >= 15 is 0 Å². The molecule has 0 bridgehead atoms. The predicted octanol–water partition coefficient (Wildman–Crippen LogP) is 4.13. The van der Waals surface area contributed by atoms with Crippen LogP contribution in [0.1, 0.15) is 38.2 Å². The summed E-state index contributed by atoms with van der Waals surface area (Å²) >= 11 is 3.60. The summed E-state index contributed by atoms with van der Waals surface area (Å²) in [6, 6.07) is 6.73. The topological polar surface area (TPSA) is 21.3 Å². The second-order valence-corrected chi connectivity index (χ2v) is 6.03. The van der Waals surface area contributed by atoms with E-state index in [1.54, 1.807) is 7.11 Å². The van der Waals surface area contributed by atoms with Gasteiger partial charge in [0.15, 0.2) is 0 Å². The maximum atomic E-state index is 5.27. The third kappa shape index (κ3) is 3.48. The highest BCUT2D eigenvalue weighted by molar-refractivity contribution is 9.10. The van der Waals surface area contributed by atoms with Gasteiger partial charge in [-0.05, 0) is 49.4 Å². The Bertz CT molecular complexity index is 388. The van der Waals surface area contributed by atoms with Crippen LogP contribution in [0.2, 0.25) is 0 Å². The zero-order valence-corrected chi connectivity index (χ0v) is 12.8. The molecule has 1 aliphatic rings. The molecule has 18 heavy (non-hydrogen) atoms. The SMILES string of the molecule is COc1ccc(Br)c(CN[C@@H](C)C2CCCC2)c1. The summed E-state index contributed by atoms with van der Waals surface area (Å²) in [7, 11) is 1.71. The number of methoxy groups -OCH3 is 1. The standard InChI is InChI=1S/C15H22BrNO/c1-11(12-5-3-4-6-12)17-10-13-9-14(18-2)7-8-15(13)16/h7-9,11-12,17H,3-6,10H2,1-2H3/t11-/m0/s1. The first-order valence-corrected chi connectivity index (χ1v) is 7.56. The van der Waals surface area contributed by atoms with Gasteiger partial charge in [-0.25, -0.2) is 0 Å². The second kappa shape index (κ2) is 6.58. The number of rotatable bonds is 5. The lowest BCUT2D eigenvalue weighted by atomic mass is 9.99. The first-order valence-electron chi connectivity index (χ1n) is 6.76. The zero-order chi connectivity index (χ0) is 13.0. The average Bonchev–Trinajstić information content (AvgIpc) is 2.91. The highest BCUT2D eigenvalue weighted by Crippen LogP contribution is 2.28. The quantitative estimate of drug-likeness (QED) is 0.883. The van der Waals surface area contributed by atoms with Crippen molar-refractivity contribution in [1.29, 1.82) is 0 Å². The number of nitrogens with one attached hydrogen (secondary N) is 1. The van der Waals surface area contributed by atoms with Crippen molar-refractivity contribution in [3.63, 3.8) is 0 Å². The molecule has 0 aliphatic heterocycles. The molecule has 0 amide bonds. The van der Waals surface area contributed by atoms with Crippen molar-refractivity contribution in [2.45, 2.75) is 45.2 Å². The maximum absolute atomic E-state index is 5.27. The van der Waals surface area contributed by atoms with Gasteiger partial charge in [0, 0.05) is 17.1 Å². The Balaban J connectivity index is 1.92. The van der Waals surface area contributed by atoms with Crippen LogP contribution in [-0.2, 0) is 6.54 Å². The molecule has 1 aromatic carbocycles. The first-order chi connectivity index (χ1) is 8.70. The van der Waals surface area contributed by atoms with Crippen LogP contribution in [-0.4, -0.2) is 13.2 Å². The molecule has 0 saturated heterocycles. The minimum Gasteiger partial charge on any atom is -0.497 e. The van der Waals surface area contributed by atoms with Gasteiger partial charge in [0.2, 0.25) is 0 Å². The molecular weight excluding hydrogens is 290 g/mol. The fraction of sp³-hybridized carbons (Fsp3) is 0.600. The van der Waals surface area contributed by atoms with E-state index in [0.29, 0.717) is 6.04 Å². The van der Waals surface area contributed by atoms with E-state index in [9.17, 15) is 0 Å². The molecule has 0 heterocycles. The van der Waals surface area contributed by atoms with Crippen LogP contribution in [0.3, 0.4) is 0 Å². The van der Waals surface area contributed by atoms with Crippen molar-refractivity contribution < 1.29 is 4.74 Å². The van der Waals surface area contributed by atoms with E-state index < -0.39 is 0 Å². The smallest absolute Gasteiger partial charge is 0.119 e. The van der Waals surface area contributed by atoms with Crippen molar-refractivity contribution in [3.05, 3.63) is 28.2 Å². The predicted molar refractivity (Wildman–Crippen MR) is 79.0 cm³/mol. The number of benzene rings is 1. The van der Waals surface area contributed by atoms with Crippen LogP contribution in [0, 0.1) is 5.92 Å². The summed E-state index contributed by atoms with van der Waals surface area (Å²) in [5.41, 5.74) is 1.26. The van der Waals surface area contributed by atoms with Gasteiger partial charge in [0.1, 0.15) is 5.75 Å². The van der Waals surface area contributed by atoms with Gasteiger partial charge in [0.25, 0.3) is 0 Å². The maximum Gasteiger partial charge on any atom is 0.119 e. The number of ether oxygens (including phenoxy) is 1. The Labute approximate surface area is 118 Å². The van der Waals surface area contributed by atoms with Crippen molar-refractivity contribution in [2.75, 3.05) is 7.11 Å². The first kappa shape index (κ1) is 13.9. The fourth-order valence-electron chi connectivity index (χ4n) is 2.71. The summed E-state index contributed by atoms with van der Waals surface area (Å²) in [5, 5.41) is 3.65. The summed E-state index contributed by atoms with van der Waals surface area (Å²) in [6.45, 7) is 3.21.